The van der Waals surface area contributed by atoms with E-state index in [4.69, 9.17) is 4.74 Å². The lowest BCUT2D eigenvalue weighted by Crippen LogP contribution is -2.53. The van der Waals surface area contributed by atoms with Gasteiger partial charge in [0, 0.05) is 45.8 Å². The van der Waals surface area contributed by atoms with E-state index in [-0.39, 0.29) is 35.8 Å². The van der Waals surface area contributed by atoms with E-state index in [9.17, 15) is 18.0 Å². The molecule has 0 bridgehead atoms. The molecule has 1 unspecified atom stereocenters. The summed E-state index contributed by atoms with van der Waals surface area (Å²) in [5.74, 6) is -0.113. The number of fused-ring (bicyclic) bond motifs is 1. The highest BCUT2D eigenvalue weighted by atomic mass is 32.2. The molecule has 31 heavy (non-hydrogen) atoms. The Balaban J connectivity index is 1.25. The number of sulfonamides is 1. The van der Waals surface area contributed by atoms with Crippen molar-refractivity contribution in [2.45, 2.75) is 30.3 Å². The van der Waals surface area contributed by atoms with Crippen molar-refractivity contribution in [2.75, 3.05) is 39.3 Å². The van der Waals surface area contributed by atoms with Crippen molar-refractivity contribution in [1.82, 2.24) is 14.5 Å². The van der Waals surface area contributed by atoms with Gasteiger partial charge in [-0.25, -0.2) is 13.1 Å². The molecule has 8 nitrogen and oxygen atoms in total. The van der Waals surface area contributed by atoms with Gasteiger partial charge in [-0.15, -0.1) is 0 Å². The first kappa shape index (κ1) is 21.7. The number of amides is 2. The highest BCUT2D eigenvalue weighted by Crippen LogP contribution is 2.19. The van der Waals surface area contributed by atoms with Gasteiger partial charge in [-0.3, -0.25) is 9.59 Å². The Kier molecular flexibility index (Phi) is 6.54. The van der Waals surface area contributed by atoms with Gasteiger partial charge in [0.1, 0.15) is 6.10 Å². The zero-order valence-corrected chi connectivity index (χ0v) is 18.1. The van der Waals surface area contributed by atoms with Crippen LogP contribution in [0.2, 0.25) is 0 Å². The monoisotopic (exact) mass is 445 g/mol. The Morgan fingerprint density at radius 1 is 1.00 bits per heavy atom. The zero-order chi connectivity index (χ0) is 21.8. The van der Waals surface area contributed by atoms with Gasteiger partial charge in [-0.2, -0.15) is 0 Å². The van der Waals surface area contributed by atoms with Crippen LogP contribution in [0.25, 0.3) is 10.8 Å². The molecule has 1 atom stereocenters. The number of ether oxygens (including phenoxy) is 1. The molecule has 2 saturated heterocycles. The minimum atomic E-state index is -3.70. The summed E-state index contributed by atoms with van der Waals surface area (Å²) in [4.78, 5) is 28.5. The third-order valence-corrected chi connectivity index (χ3v) is 7.27. The highest BCUT2D eigenvalue weighted by Gasteiger charge is 2.31. The van der Waals surface area contributed by atoms with Gasteiger partial charge in [0.25, 0.3) is 5.91 Å². The molecule has 0 aromatic heterocycles. The molecule has 0 radical (unpaired) electrons. The summed E-state index contributed by atoms with van der Waals surface area (Å²) in [6.45, 7) is 2.52. The van der Waals surface area contributed by atoms with Gasteiger partial charge >= 0.3 is 0 Å². The number of piperazine rings is 1. The van der Waals surface area contributed by atoms with E-state index in [1.54, 1.807) is 28.0 Å². The summed E-state index contributed by atoms with van der Waals surface area (Å²) in [7, 11) is -3.70. The first-order chi connectivity index (χ1) is 14.9. The van der Waals surface area contributed by atoms with E-state index in [1.807, 2.05) is 24.3 Å². The maximum atomic E-state index is 12.6. The molecule has 2 fully saturated rings. The molecule has 2 aromatic rings. The fraction of sp³-hybridized carbons (Fsp3) is 0.455. The van der Waals surface area contributed by atoms with Crippen molar-refractivity contribution in [1.29, 1.82) is 0 Å². The minimum absolute atomic E-state index is 0.00717. The fourth-order valence-electron chi connectivity index (χ4n) is 4.02. The van der Waals surface area contributed by atoms with Gasteiger partial charge in [0.05, 0.1) is 4.90 Å². The largest absolute Gasteiger partial charge is 0.368 e. The summed E-state index contributed by atoms with van der Waals surface area (Å²) >= 11 is 0. The number of nitrogens with one attached hydrogen (secondary N) is 1. The van der Waals surface area contributed by atoms with Crippen LogP contribution in [0.1, 0.15) is 19.3 Å². The Labute approximate surface area is 182 Å². The lowest BCUT2D eigenvalue weighted by atomic mass is 10.1. The van der Waals surface area contributed by atoms with Crippen molar-refractivity contribution in [3.8, 4) is 0 Å². The van der Waals surface area contributed by atoms with Crippen LogP contribution in [-0.2, 0) is 24.3 Å². The molecule has 2 aliphatic heterocycles. The van der Waals surface area contributed by atoms with Gasteiger partial charge in [-0.1, -0.05) is 30.3 Å². The molecule has 2 amide bonds. The maximum absolute atomic E-state index is 12.6. The standard InChI is InChI=1S/C22H27N3O5S/c26-21(24-11-13-25(14-12-24)22(27)20-6-3-15-30-20)9-10-23-31(28,29)19-8-7-17-4-1-2-5-18(17)16-19/h1-2,4-5,7-8,16,20,23H,3,6,9-15H2. The van der Waals surface area contributed by atoms with Gasteiger partial charge in [0.2, 0.25) is 15.9 Å². The number of hydrogen-bond donors (Lipinski definition) is 1. The van der Waals surface area contributed by atoms with Crippen LogP contribution in [-0.4, -0.2) is 75.5 Å². The number of benzene rings is 2. The Morgan fingerprint density at radius 2 is 1.71 bits per heavy atom. The SMILES string of the molecule is O=C(CCNS(=O)(=O)c1ccc2ccccc2c1)N1CCN(C(=O)C2CCCO2)CC1. The van der Waals surface area contributed by atoms with E-state index in [0.717, 1.165) is 23.6 Å². The van der Waals surface area contributed by atoms with Crippen molar-refractivity contribution in [3.63, 3.8) is 0 Å². The summed E-state index contributed by atoms with van der Waals surface area (Å²) in [6.07, 6.45) is 1.40. The molecule has 0 spiro atoms. The molecule has 2 heterocycles. The van der Waals surface area contributed by atoms with Gasteiger partial charge in [-0.05, 0) is 35.7 Å². The second-order valence-corrected chi connectivity index (χ2v) is 9.63. The molecule has 166 valence electrons. The average Bonchev–Trinajstić information content (AvgIpc) is 3.33. The summed E-state index contributed by atoms with van der Waals surface area (Å²) < 4.78 is 33.1. The third kappa shape index (κ3) is 5.06. The number of carbonyl (C=O) groups excluding carboxylic acids is 2. The third-order valence-electron chi connectivity index (χ3n) is 5.81. The quantitative estimate of drug-likeness (QED) is 0.724. The molecular weight excluding hydrogens is 418 g/mol. The van der Waals surface area contributed by atoms with Crippen molar-refractivity contribution in [2.24, 2.45) is 0 Å². The highest BCUT2D eigenvalue weighted by molar-refractivity contribution is 7.89. The summed E-state index contributed by atoms with van der Waals surface area (Å²) in [5.41, 5.74) is 0. The number of carbonyl (C=O) groups is 2. The van der Waals surface area contributed by atoms with Crippen LogP contribution in [0, 0.1) is 0 Å². The van der Waals surface area contributed by atoms with E-state index < -0.39 is 10.0 Å². The zero-order valence-electron chi connectivity index (χ0n) is 17.3. The molecule has 9 heteroatoms. The first-order valence-electron chi connectivity index (χ1n) is 10.6. The van der Waals surface area contributed by atoms with Crippen LogP contribution >= 0.6 is 0 Å². The smallest absolute Gasteiger partial charge is 0.251 e. The normalized spacial score (nSPS) is 19.7. The van der Waals surface area contributed by atoms with Crippen LogP contribution in [0.15, 0.2) is 47.4 Å². The van der Waals surface area contributed by atoms with E-state index >= 15 is 0 Å². The second kappa shape index (κ2) is 9.33. The van der Waals surface area contributed by atoms with E-state index in [0.29, 0.717) is 32.8 Å². The molecule has 2 aliphatic rings. The van der Waals surface area contributed by atoms with Crippen LogP contribution in [0.5, 0.6) is 0 Å². The lowest BCUT2D eigenvalue weighted by molar-refractivity contribution is -0.145. The number of hydrogen-bond acceptors (Lipinski definition) is 5. The Bertz CT molecular complexity index is 1060. The molecule has 4 rings (SSSR count). The van der Waals surface area contributed by atoms with Crippen LogP contribution < -0.4 is 4.72 Å². The predicted octanol–water partition coefficient (Wildman–Crippen LogP) is 1.36. The van der Waals surface area contributed by atoms with Gasteiger partial charge in [0.15, 0.2) is 0 Å². The minimum Gasteiger partial charge on any atom is -0.368 e. The van der Waals surface area contributed by atoms with Gasteiger partial charge < -0.3 is 14.5 Å². The summed E-state index contributed by atoms with van der Waals surface area (Å²) in [5, 5.41) is 1.81. The fourth-order valence-corrected chi connectivity index (χ4v) is 5.09. The number of nitrogens with zero attached hydrogens (tertiary/aromatic N) is 2. The van der Waals surface area contributed by atoms with E-state index in [2.05, 4.69) is 4.72 Å². The van der Waals surface area contributed by atoms with Crippen molar-refractivity contribution in [3.05, 3.63) is 42.5 Å². The topological polar surface area (TPSA) is 96.0 Å². The molecule has 0 aliphatic carbocycles. The Hall–Kier alpha value is -2.49. The maximum Gasteiger partial charge on any atom is 0.251 e. The first-order valence-corrected chi connectivity index (χ1v) is 12.1. The molecular formula is C22H27N3O5S. The molecule has 0 saturated carbocycles. The summed E-state index contributed by atoms with van der Waals surface area (Å²) in [6, 6.07) is 12.5. The van der Waals surface area contributed by atoms with Crippen LogP contribution in [0.3, 0.4) is 0 Å². The average molecular weight is 446 g/mol. The molecule has 2 aromatic carbocycles. The van der Waals surface area contributed by atoms with Crippen molar-refractivity contribution < 1.29 is 22.7 Å². The number of rotatable bonds is 6. The van der Waals surface area contributed by atoms with Crippen LogP contribution in [0.4, 0.5) is 0 Å². The van der Waals surface area contributed by atoms with Crippen molar-refractivity contribution >= 4 is 32.6 Å². The predicted molar refractivity (Wildman–Crippen MR) is 116 cm³/mol. The molecule has 1 N–H and O–H groups in total. The lowest BCUT2D eigenvalue weighted by Gasteiger charge is -2.35. The van der Waals surface area contributed by atoms with E-state index in [1.165, 1.54) is 0 Å². The Morgan fingerprint density at radius 3 is 2.42 bits per heavy atom. The second-order valence-electron chi connectivity index (χ2n) is 7.86.